The van der Waals surface area contributed by atoms with Crippen LogP contribution in [0.3, 0.4) is 0 Å². The number of benzene rings is 1. The van der Waals surface area contributed by atoms with Gasteiger partial charge in [0.25, 0.3) is 5.91 Å². The molecule has 0 bridgehead atoms. The van der Waals surface area contributed by atoms with Crippen molar-refractivity contribution >= 4 is 28.0 Å². The van der Waals surface area contributed by atoms with Crippen LogP contribution in [0.15, 0.2) is 60.0 Å². The van der Waals surface area contributed by atoms with Crippen molar-refractivity contribution in [3.63, 3.8) is 0 Å². The van der Waals surface area contributed by atoms with Crippen molar-refractivity contribution in [1.29, 1.82) is 0 Å². The number of aromatic nitrogens is 4. The lowest BCUT2D eigenvalue weighted by molar-refractivity contribution is 0.0791. The first-order valence-electron chi connectivity index (χ1n) is 10.7. The van der Waals surface area contributed by atoms with Crippen LogP contribution in [0.25, 0.3) is 28.1 Å². The molecule has 1 amide bonds. The molecule has 8 nitrogen and oxygen atoms in total. The van der Waals surface area contributed by atoms with Gasteiger partial charge in [-0.15, -0.1) is 0 Å². The fourth-order valence-corrected chi connectivity index (χ4v) is 4.89. The topological polar surface area (TPSA) is 113 Å². The van der Waals surface area contributed by atoms with E-state index in [0.717, 1.165) is 34.1 Å². The molecule has 168 valence electrons. The van der Waals surface area contributed by atoms with Crippen LogP contribution in [0.1, 0.15) is 22.3 Å². The first kappa shape index (κ1) is 21.6. The molecule has 2 N–H and O–H groups in total. The standard InChI is InChI=1S/C24H24N6O2S/c1-15-5-7-26-20(9-15)17-11-27-24(28-12-17)30-14-22(33(2)32)19-4-3-16(10-21(19)30)23(31)29-8-6-18(25)13-29/h3-5,7,9-12,14,18H,6,8,13,25H2,1-2H3. The van der Waals surface area contributed by atoms with Gasteiger partial charge in [0.2, 0.25) is 5.95 Å². The van der Waals surface area contributed by atoms with Gasteiger partial charge < -0.3 is 15.2 Å². The predicted octanol–water partition coefficient (Wildman–Crippen LogP) is 2.70. The van der Waals surface area contributed by atoms with Crippen LogP contribution in [0.4, 0.5) is 0 Å². The summed E-state index contributed by atoms with van der Waals surface area (Å²) < 4.78 is 14.2. The molecule has 33 heavy (non-hydrogen) atoms. The molecule has 0 aliphatic carbocycles. The van der Waals surface area contributed by atoms with E-state index in [1.165, 1.54) is 0 Å². The molecule has 2 unspecified atom stereocenters. The van der Waals surface area contributed by atoms with Crippen molar-refractivity contribution in [2.45, 2.75) is 24.3 Å². The maximum absolute atomic E-state index is 13.0. The van der Waals surface area contributed by atoms with E-state index in [-0.39, 0.29) is 11.9 Å². The smallest absolute Gasteiger partial charge is 0.253 e. The van der Waals surface area contributed by atoms with Crippen molar-refractivity contribution in [3.8, 4) is 17.2 Å². The average Bonchev–Trinajstić information content (AvgIpc) is 3.42. The lowest BCUT2D eigenvalue weighted by atomic mass is 10.1. The Labute approximate surface area is 194 Å². The minimum atomic E-state index is -1.22. The Morgan fingerprint density at radius 3 is 2.64 bits per heavy atom. The van der Waals surface area contributed by atoms with Crippen molar-refractivity contribution in [2.24, 2.45) is 5.73 Å². The Balaban J connectivity index is 1.56. The zero-order valence-corrected chi connectivity index (χ0v) is 19.2. The molecule has 9 heteroatoms. The fourth-order valence-electron chi connectivity index (χ4n) is 4.15. The number of nitrogens with two attached hydrogens (primary N) is 1. The van der Waals surface area contributed by atoms with Crippen LogP contribution < -0.4 is 5.73 Å². The zero-order valence-electron chi connectivity index (χ0n) is 18.4. The quantitative estimate of drug-likeness (QED) is 0.469. The van der Waals surface area contributed by atoms with E-state index in [0.29, 0.717) is 29.5 Å². The third-order valence-electron chi connectivity index (χ3n) is 5.90. The van der Waals surface area contributed by atoms with Crippen molar-refractivity contribution in [3.05, 3.63) is 66.2 Å². The molecule has 0 saturated carbocycles. The third-order valence-corrected chi connectivity index (χ3v) is 6.85. The molecule has 0 spiro atoms. The molecule has 3 aromatic heterocycles. The summed E-state index contributed by atoms with van der Waals surface area (Å²) in [5.41, 5.74) is 9.98. The molecule has 1 aliphatic rings. The van der Waals surface area contributed by atoms with Gasteiger partial charge in [0.15, 0.2) is 4.90 Å². The molecule has 0 radical (unpaired) electrons. The molecule has 1 fully saturated rings. The number of hydrogen-bond donors (Lipinski definition) is 1. The summed E-state index contributed by atoms with van der Waals surface area (Å²) >= 11 is -1.22. The number of carbonyl (C=O) groups is 1. The molecule has 1 aliphatic heterocycles. The molecule has 1 saturated heterocycles. The lowest BCUT2D eigenvalue weighted by Crippen LogP contribution is -2.31. The van der Waals surface area contributed by atoms with Gasteiger partial charge in [0.05, 0.1) is 22.8 Å². The van der Waals surface area contributed by atoms with Gasteiger partial charge in [0, 0.05) is 48.8 Å². The molecule has 2 atom stereocenters. The average molecular weight is 461 g/mol. The van der Waals surface area contributed by atoms with E-state index in [1.54, 1.807) is 46.6 Å². The number of fused-ring (bicyclic) bond motifs is 1. The molecule has 4 aromatic rings. The van der Waals surface area contributed by atoms with Gasteiger partial charge in [0.1, 0.15) is 6.26 Å². The molecule has 1 aromatic carbocycles. The highest BCUT2D eigenvalue weighted by molar-refractivity contribution is 7.91. The zero-order chi connectivity index (χ0) is 23.1. The van der Waals surface area contributed by atoms with Crippen LogP contribution in [-0.2, 0) is 11.2 Å². The minimum absolute atomic E-state index is 0.0189. The Morgan fingerprint density at radius 2 is 1.97 bits per heavy atom. The third kappa shape index (κ3) is 4.10. The van der Waals surface area contributed by atoms with E-state index in [9.17, 15) is 9.35 Å². The highest BCUT2D eigenvalue weighted by Gasteiger charge is 2.26. The summed E-state index contributed by atoms with van der Waals surface area (Å²) in [7, 11) is 0. The second-order valence-corrected chi connectivity index (χ2v) is 9.69. The SMILES string of the molecule is Cc1ccnc(-c2cnc(-n3cc([S+](C)[O-])c4ccc(C(=O)N5CCC(N)C5)cc43)nc2)c1. The highest BCUT2D eigenvalue weighted by Crippen LogP contribution is 2.29. The van der Waals surface area contributed by atoms with Gasteiger partial charge >= 0.3 is 0 Å². The minimum Gasteiger partial charge on any atom is -0.612 e. The van der Waals surface area contributed by atoms with E-state index in [2.05, 4.69) is 15.0 Å². The number of hydrogen-bond acceptors (Lipinski definition) is 6. The van der Waals surface area contributed by atoms with E-state index >= 15 is 0 Å². The van der Waals surface area contributed by atoms with Gasteiger partial charge in [-0.1, -0.05) is 0 Å². The van der Waals surface area contributed by atoms with Gasteiger partial charge in [-0.3, -0.25) is 14.3 Å². The largest absolute Gasteiger partial charge is 0.612 e. The maximum Gasteiger partial charge on any atom is 0.253 e. The maximum atomic E-state index is 13.0. The first-order chi connectivity index (χ1) is 15.9. The number of rotatable bonds is 4. The van der Waals surface area contributed by atoms with Crippen LogP contribution in [0.2, 0.25) is 0 Å². The Morgan fingerprint density at radius 1 is 1.18 bits per heavy atom. The van der Waals surface area contributed by atoms with Gasteiger partial charge in [-0.2, -0.15) is 0 Å². The summed E-state index contributed by atoms with van der Waals surface area (Å²) in [6.07, 6.45) is 9.42. The van der Waals surface area contributed by atoms with E-state index in [1.807, 2.05) is 31.2 Å². The molecule has 5 rings (SSSR count). The van der Waals surface area contributed by atoms with Crippen LogP contribution >= 0.6 is 0 Å². The molecule has 4 heterocycles. The summed E-state index contributed by atoms with van der Waals surface area (Å²) in [6, 6.07) is 9.37. The second kappa shape index (κ2) is 8.58. The lowest BCUT2D eigenvalue weighted by Gasteiger charge is -2.16. The van der Waals surface area contributed by atoms with Crippen molar-refractivity contribution in [2.75, 3.05) is 19.3 Å². The first-order valence-corrected chi connectivity index (χ1v) is 12.3. The highest BCUT2D eigenvalue weighted by atomic mass is 32.2. The number of carbonyl (C=O) groups excluding carboxylic acids is 1. The Hall–Kier alpha value is -3.27. The van der Waals surface area contributed by atoms with Crippen LogP contribution in [-0.4, -0.2) is 60.3 Å². The summed E-state index contributed by atoms with van der Waals surface area (Å²) in [4.78, 5) is 28.9. The Bertz CT molecular complexity index is 1330. The number of pyridine rings is 1. The van der Waals surface area contributed by atoms with E-state index in [4.69, 9.17) is 5.73 Å². The number of aryl methyl sites for hydroxylation is 1. The van der Waals surface area contributed by atoms with Crippen LogP contribution in [0, 0.1) is 6.92 Å². The predicted molar refractivity (Wildman–Crippen MR) is 128 cm³/mol. The van der Waals surface area contributed by atoms with Crippen molar-refractivity contribution < 1.29 is 9.35 Å². The fraction of sp³-hybridized carbons (Fsp3) is 0.250. The Kier molecular flexibility index (Phi) is 5.61. The number of nitrogens with zero attached hydrogens (tertiary/aromatic N) is 5. The van der Waals surface area contributed by atoms with Crippen molar-refractivity contribution in [1.82, 2.24) is 24.4 Å². The number of likely N-dealkylation sites (tertiary alicyclic amines) is 1. The van der Waals surface area contributed by atoms with Gasteiger partial charge in [-0.25, -0.2) is 9.97 Å². The van der Waals surface area contributed by atoms with E-state index < -0.39 is 11.2 Å². The second-order valence-electron chi connectivity index (χ2n) is 8.34. The number of amides is 1. The summed E-state index contributed by atoms with van der Waals surface area (Å²) in [6.45, 7) is 3.22. The molecular weight excluding hydrogens is 436 g/mol. The summed E-state index contributed by atoms with van der Waals surface area (Å²) in [5.74, 6) is 0.374. The normalized spacial score (nSPS) is 17.0. The monoisotopic (exact) mass is 460 g/mol. The molecular formula is C24H24N6O2S. The van der Waals surface area contributed by atoms with Gasteiger partial charge in [-0.05, 0) is 60.4 Å². The summed E-state index contributed by atoms with van der Waals surface area (Å²) in [5, 5.41) is 0.804. The van der Waals surface area contributed by atoms with Crippen LogP contribution in [0.5, 0.6) is 0 Å².